The van der Waals surface area contributed by atoms with Gasteiger partial charge in [-0.15, -0.1) is 0 Å². The number of hydrogen-bond acceptors (Lipinski definition) is 3. The van der Waals surface area contributed by atoms with Crippen LogP contribution in [0.2, 0.25) is 0 Å². The van der Waals surface area contributed by atoms with Gasteiger partial charge in [0, 0.05) is 18.8 Å². The third kappa shape index (κ3) is 3.78. The monoisotopic (exact) mass is 262 g/mol. The van der Waals surface area contributed by atoms with E-state index in [0.717, 1.165) is 37.2 Å². The lowest BCUT2D eigenvalue weighted by Crippen LogP contribution is -2.32. The van der Waals surface area contributed by atoms with Gasteiger partial charge in [-0.05, 0) is 36.9 Å². The van der Waals surface area contributed by atoms with Gasteiger partial charge in [-0.1, -0.05) is 25.1 Å². The van der Waals surface area contributed by atoms with Crippen LogP contribution in [-0.4, -0.2) is 42.2 Å². The van der Waals surface area contributed by atoms with Crippen LogP contribution < -0.4 is 5.32 Å². The van der Waals surface area contributed by atoms with Crippen LogP contribution in [0.4, 0.5) is 5.69 Å². The maximum Gasteiger partial charge on any atom is 0.238 e. The van der Waals surface area contributed by atoms with Crippen molar-refractivity contribution in [3.8, 4) is 0 Å². The molecule has 1 saturated heterocycles. The number of aliphatic hydroxyl groups excluding tert-OH is 1. The lowest BCUT2D eigenvalue weighted by atomic mass is 10.1. The Kier molecular flexibility index (Phi) is 4.93. The van der Waals surface area contributed by atoms with Crippen LogP contribution in [0, 0.1) is 5.92 Å². The lowest BCUT2D eigenvalue weighted by Gasteiger charge is -2.16. The van der Waals surface area contributed by atoms with Crippen molar-refractivity contribution in [3.63, 3.8) is 0 Å². The molecule has 0 aliphatic carbocycles. The highest BCUT2D eigenvalue weighted by Crippen LogP contribution is 2.17. The van der Waals surface area contributed by atoms with Crippen molar-refractivity contribution in [2.24, 2.45) is 5.92 Å². The molecule has 1 aromatic carbocycles. The van der Waals surface area contributed by atoms with Gasteiger partial charge in [-0.3, -0.25) is 9.69 Å². The van der Waals surface area contributed by atoms with Gasteiger partial charge in [0.1, 0.15) is 0 Å². The normalized spacial score (nSPS) is 19.6. The molecular formula is C15H22N2O2. The zero-order valence-electron chi connectivity index (χ0n) is 11.4. The number of anilines is 1. The molecule has 2 rings (SSSR count). The second kappa shape index (κ2) is 6.68. The van der Waals surface area contributed by atoms with E-state index in [1.54, 1.807) is 0 Å². The number of nitrogens with zero attached hydrogens (tertiary/aromatic N) is 1. The molecule has 1 aliphatic rings. The predicted octanol–water partition coefficient (Wildman–Crippen LogP) is 1.50. The van der Waals surface area contributed by atoms with Gasteiger partial charge in [0.25, 0.3) is 0 Å². The number of amides is 1. The van der Waals surface area contributed by atoms with Gasteiger partial charge in [0.15, 0.2) is 0 Å². The molecule has 1 aliphatic heterocycles. The highest BCUT2D eigenvalue weighted by Gasteiger charge is 2.23. The van der Waals surface area contributed by atoms with E-state index in [1.165, 1.54) is 0 Å². The third-order valence-electron chi connectivity index (χ3n) is 3.67. The maximum atomic E-state index is 12.0. The summed E-state index contributed by atoms with van der Waals surface area (Å²) in [6, 6.07) is 7.90. The largest absolute Gasteiger partial charge is 0.396 e. The van der Waals surface area contributed by atoms with E-state index < -0.39 is 0 Å². The van der Waals surface area contributed by atoms with Crippen molar-refractivity contribution in [1.82, 2.24) is 4.90 Å². The van der Waals surface area contributed by atoms with Gasteiger partial charge < -0.3 is 10.4 Å². The Balaban J connectivity index is 1.87. The van der Waals surface area contributed by atoms with Crippen molar-refractivity contribution >= 4 is 11.6 Å². The highest BCUT2D eigenvalue weighted by atomic mass is 16.3. The Morgan fingerprint density at radius 3 is 2.95 bits per heavy atom. The second-order valence-corrected chi connectivity index (χ2v) is 5.13. The van der Waals surface area contributed by atoms with Crippen LogP contribution in [-0.2, 0) is 11.2 Å². The minimum Gasteiger partial charge on any atom is -0.396 e. The fourth-order valence-corrected chi connectivity index (χ4v) is 2.55. The Morgan fingerprint density at radius 1 is 1.47 bits per heavy atom. The third-order valence-corrected chi connectivity index (χ3v) is 3.67. The summed E-state index contributed by atoms with van der Waals surface area (Å²) in [6.45, 7) is 4.43. The summed E-state index contributed by atoms with van der Waals surface area (Å²) in [5.74, 6) is 0.357. The van der Waals surface area contributed by atoms with E-state index in [-0.39, 0.29) is 12.5 Å². The molecule has 2 N–H and O–H groups in total. The summed E-state index contributed by atoms with van der Waals surface area (Å²) in [7, 11) is 0. The summed E-state index contributed by atoms with van der Waals surface area (Å²) in [5, 5.41) is 12.1. The standard InChI is InChI=1S/C15H22N2O2/c1-2-13-5-3-4-6-14(13)16-15(19)10-17-8-7-12(9-17)11-18/h3-6,12,18H,2,7-11H2,1H3,(H,16,19). The Labute approximate surface area is 114 Å². The van der Waals surface area contributed by atoms with Crippen molar-refractivity contribution in [2.75, 3.05) is 31.6 Å². The smallest absolute Gasteiger partial charge is 0.238 e. The molecule has 0 aromatic heterocycles. The van der Waals surface area contributed by atoms with Gasteiger partial charge in [0.2, 0.25) is 5.91 Å². The molecule has 4 heteroatoms. The molecule has 1 aromatic rings. The zero-order chi connectivity index (χ0) is 13.7. The summed E-state index contributed by atoms with van der Waals surface area (Å²) < 4.78 is 0. The highest BCUT2D eigenvalue weighted by molar-refractivity contribution is 5.93. The van der Waals surface area contributed by atoms with Crippen LogP contribution in [0.15, 0.2) is 24.3 Å². The van der Waals surface area contributed by atoms with Crippen LogP contribution in [0.5, 0.6) is 0 Å². The molecule has 1 atom stereocenters. The number of benzene rings is 1. The Hall–Kier alpha value is -1.39. The lowest BCUT2D eigenvalue weighted by molar-refractivity contribution is -0.117. The van der Waals surface area contributed by atoms with Crippen LogP contribution in [0.25, 0.3) is 0 Å². The summed E-state index contributed by atoms with van der Waals surface area (Å²) >= 11 is 0. The Morgan fingerprint density at radius 2 is 2.26 bits per heavy atom. The molecule has 19 heavy (non-hydrogen) atoms. The number of para-hydroxylation sites is 1. The van der Waals surface area contributed by atoms with E-state index in [9.17, 15) is 4.79 Å². The molecule has 0 saturated carbocycles. The second-order valence-electron chi connectivity index (χ2n) is 5.13. The minimum atomic E-state index is 0.0273. The number of rotatable bonds is 5. The zero-order valence-corrected chi connectivity index (χ0v) is 11.4. The molecule has 0 spiro atoms. The van der Waals surface area contributed by atoms with E-state index in [2.05, 4.69) is 17.1 Å². The molecule has 0 bridgehead atoms. The minimum absolute atomic E-state index is 0.0273. The van der Waals surface area contributed by atoms with E-state index >= 15 is 0 Å². The number of carbonyl (C=O) groups is 1. The molecule has 4 nitrogen and oxygen atoms in total. The number of nitrogens with one attached hydrogen (secondary N) is 1. The predicted molar refractivity (Wildman–Crippen MR) is 76.1 cm³/mol. The number of aliphatic hydroxyl groups is 1. The molecule has 1 amide bonds. The molecule has 0 radical (unpaired) electrons. The van der Waals surface area contributed by atoms with Gasteiger partial charge in [-0.25, -0.2) is 0 Å². The van der Waals surface area contributed by atoms with Gasteiger partial charge in [0.05, 0.1) is 6.54 Å². The number of hydrogen-bond donors (Lipinski definition) is 2. The number of carbonyl (C=O) groups excluding carboxylic acids is 1. The quantitative estimate of drug-likeness (QED) is 0.845. The molecule has 104 valence electrons. The summed E-state index contributed by atoms with van der Waals surface area (Å²) in [5.41, 5.74) is 2.07. The molecule has 1 heterocycles. The SMILES string of the molecule is CCc1ccccc1NC(=O)CN1CCC(CO)C1. The molecular weight excluding hydrogens is 240 g/mol. The first-order valence-corrected chi connectivity index (χ1v) is 6.94. The number of aryl methyl sites for hydroxylation is 1. The average molecular weight is 262 g/mol. The summed E-state index contributed by atoms with van der Waals surface area (Å²) in [6.07, 6.45) is 1.89. The van der Waals surface area contributed by atoms with E-state index in [0.29, 0.717) is 12.5 Å². The fourth-order valence-electron chi connectivity index (χ4n) is 2.55. The van der Waals surface area contributed by atoms with Gasteiger partial charge in [-0.2, -0.15) is 0 Å². The maximum absolute atomic E-state index is 12.0. The topological polar surface area (TPSA) is 52.6 Å². The molecule has 1 fully saturated rings. The van der Waals surface area contributed by atoms with Crippen LogP contribution in [0.3, 0.4) is 0 Å². The van der Waals surface area contributed by atoms with Crippen molar-refractivity contribution in [3.05, 3.63) is 29.8 Å². The van der Waals surface area contributed by atoms with E-state index in [1.807, 2.05) is 24.3 Å². The van der Waals surface area contributed by atoms with Gasteiger partial charge >= 0.3 is 0 Å². The summed E-state index contributed by atoms with van der Waals surface area (Å²) in [4.78, 5) is 14.1. The first-order chi connectivity index (χ1) is 9.22. The van der Waals surface area contributed by atoms with Crippen molar-refractivity contribution < 1.29 is 9.90 Å². The van der Waals surface area contributed by atoms with E-state index in [4.69, 9.17) is 5.11 Å². The molecule has 1 unspecified atom stereocenters. The first kappa shape index (κ1) is 14.0. The Bertz CT molecular complexity index is 434. The van der Waals surface area contributed by atoms with Crippen LogP contribution >= 0.6 is 0 Å². The first-order valence-electron chi connectivity index (χ1n) is 6.94. The van der Waals surface area contributed by atoms with Crippen molar-refractivity contribution in [2.45, 2.75) is 19.8 Å². The average Bonchev–Trinajstić information content (AvgIpc) is 2.87. The van der Waals surface area contributed by atoms with Crippen LogP contribution in [0.1, 0.15) is 18.9 Å². The fraction of sp³-hybridized carbons (Fsp3) is 0.533. The van der Waals surface area contributed by atoms with Crippen molar-refractivity contribution in [1.29, 1.82) is 0 Å². The number of likely N-dealkylation sites (tertiary alicyclic amines) is 1.